The van der Waals surface area contributed by atoms with E-state index in [2.05, 4.69) is 10.4 Å². The second kappa shape index (κ2) is 9.95. The van der Waals surface area contributed by atoms with E-state index in [0.717, 1.165) is 6.42 Å². The molecule has 0 radical (unpaired) electrons. The van der Waals surface area contributed by atoms with Crippen molar-refractivity contribution >= 4 is 17.4 Å². The van der Waals surface area contributed by atoms with Crippen molar-refractivity contribution in [3.05, 3.63) is 39.8 Å². The van der Waals surface area contributed by atoms with E-state index in [0.29, 0.717) is 60.1 Å². The number of rotatable bonds is 10. The first kappa shape index (κ1) is 23.5. The monoisotopic (exact) mass is 442 g/mol. The number of H-pyrrole nitrogens is 1. The van der Waals surface area contributed by atoms with Gasteiger partial charge in [0, 0.05) is 12.1 Å². The molecular formula is C23H30N4O5. The van der Waals surface area contributed by atoms with Gasteiger partial charge in [0.15, 0.2) is 5.78 Å². The van der Waals surface area contributed by atoms with Crippen LogP contribution in [0.2, 0.25) is 0 Å². The van der Waals surface area contributed by atoms with E-state index in [1.807, 2.05) is 13.8 Å². The number of aromatic nitrogens is 2. The molecule has 2 unspecified atom stereocenters. The maximum absolute atomic E-state index is 13.1. The average Bonchev–Trinajstić information content (AvgIpc) is 3.13. The Bertz CT molecular complexity index is 1060. The molecule has 0 aliphatic carbocycles. The fourth-order valence-corrected chi connectivity index (χ4v) is 3.61. The topological polar surface area (TPSA) is 125 Å². The Morgan fingerprint density at radius 1 is 1.31 bits per heavy atom. The maximum Gasteiger partial charge on any atom is 0.306 e. The van der Waals surface area contributed by atoms with Gasteiger partial charge in [0.25, 0.3) is 5.56 Å². The van der Waals surface area contributed by atoms with Gasteiger partial charge >= 0.3 is 5.97 Å². The summed E-state index contributed by atoms with van der Waals surface area (Å²) in [5, 5.41) is 10.9. The molecule has 0 amide bonds. The van der Waals surface area contributed by atoms with Crippen LogP contribution >= 0.6 is 0 Å². The Morgan fingerprint density at radius 2 is 2.06 bits per heavy atom. The number of fused-ring (bicyclic) bond motifs is 1. The Labute approximate surface area is 186 Å². The van der Waals surface area contributed by atoms with E-state index in [9.17, 15) is 14.4 Å². The number of ether oxygens (including phenoxy) is 1. The summed E-state index contributed by atoms with van der Waals surface area (Å²) in [7, 11) is 0. The molecule has 2 heterocycles. The predicted molar refractivity (Wildman–Crippen MR) is 121 cm³/mol. The number of carboxylic acid groups (broad SMARTS) is 1. The number of Topliss-reactive ketones (excluding diaryl/α,β-unsaturated/α-hetero) is 1. The number of aliphatic carboxylic acids is 1. The number of hydrazine groups is 1. The Morgan fingerprint density at radius 3 is 2.69 bits per heavy atom. The van der Waals surface area contributed by atoms with Crippen LogP contribution in [0.5, 0.6) is 5.75 Å². The summed E-state index contributed by atoms with van der Waals surface area (Å²) in [5.41, 5.74) is 5.00. The van der Waals surface area contributed by atoms with Crippen molar-refractivity contribution in [2.45, 2.75) is 53.0 Å². The third-order valence-electron chi connectivity index (χ3n) is 5.55. The van der Waals surface area contributed by atoms with Gasteiger partial charge in [-0.05, 0) is 44.4 Å². The Kier molecular flexibility index (Phi) is 7.29. The predicted octanol–water partition coefficient (Wildman–Crippen LogP) is 3.31. The van der Waals surface area contributed by atoms with Crippen molar-refractivity contribution in [2.75, 3.05) is 18.2 Å². The normalized spacial score (nSPS) is 16.0. The zero-order valence-corrected chi connectivity index (χ0v) is 18.9. The number of ketones is 1. The minimum atomic E-state index is -0.871. The SMILES string of the molecule is CCCOc1ccc(C(C)=O)cc1-c1nc2c(c(=O)[nH]1)N(CCC(C)C(=O)O)NC2CC. The van der Waals surface area contributed by atoms with Gasteiger partial charge in [0.2, 0.25) is 0 Å². The molecule has 1 aliphatic rings. The molecule has 0 bridgehead atoms. The van der Waals surface area contributed by atoms with Crippen LogP contribution < -0.4 is 20.7 Å². The molecule has 172 valence electrons. The second-order valence-corrected chi connectivity index (χ2v) is 8.03. The lowest BCUT2D eigenvalue weighted by Crippen LogP contribution is -2.38. The quantitative estimate of drug-likeness (QED) is 0.479. The van der Waals surface area contributed by atoms with Crippen molar-refractivity contribution in [2.24, 2.45) is 5.92 Å². The number of carboxylic acids is 1. The first-order valence-electron chi connectivity index (χ1n) is 11.0. The van der Waals surface area contributed by atoms with E-state index in [4.69, 9.17) is 14.8 Å². The van der Waals surface area contributed by atoms with Gasteiger partial charge < -0.3 is 19.8 Å². The summed E-state index contributed by atoms with van der Waals surface area (Å²) in [5.74, 6) is -0.609. The third-order valence-corrected chi connectivity index (χ3v) is 5.55. The van der Waals surface area contributed by atoms with E-state index < -0.39 is 11.9 Å². The molecule has 1 aliphatic heterocycles. The third kappa shape index (κ3) is 4.83. The van der Waals surface area contributed by atoms with Gasteiger partial charge in [-0.3, -0.25) is 14.4 Å². The fraction of sp³-hybridized carbons (Fsp3) is 0.478. The maximum atomic E-state index is 13.1. The summed E-state index contributed by atoms with van der Waals surface area (Å²) >= 11 is 0. The molecule has 32 heavy (non-hydrogen) atoms. The van der Waals surface area contributed by atoms with Crippen molar-refractivity contribution in [1.82, 2.24) is 15.4 Å². The molecule has 1 aromatic heterocycles. The van der Waals surface area contributed by atoms with Crippen molar-refractivity contribution in [3.8, 4) is 17.1 Å². The highest BCUT2D eigenvalue weighted by Gasteiger charge is 2.33. The average molecular weight is 443 g/mol. The molecule has 3 N–H and O–H groups in total. The van der Waals surface area contributed by atoms with Gasteiger partial charge in [-0.1, -0.05) is 20.8 Å². The number of nitrogens with zero attached hydrogens (tertiary/aromatic N) is 2. The molecule has 0 spiro atoms. The van der Waals surface area contributed by atoms with Gasteiger partial charge in [-0.15, -0.1) is 0 Å². The largest absolute Gasteiger partial charge is 0.493 e. The van der Waals surface area contributed by atoms with Crippen LogP contribution in [0.15, 0.2) is 23.0 Å². The van der Waals surface area contributed by atoms with E-state index in [1.165, 1.54) is 6.92 Å². The van der Waals surface area contributed by atoms with Crippen LogP contribution in [0.1, 0.15) is 69.1 Å². The highest BCUT2D eigenvalue weighted by Crippen LogP contribution is 2.34. The summed E-state index contributed by atoms with van der Waals surface area (Å²) in [6.07, 6.45) is 1.89. The fourth-order valence-electron chi connectivity index (χ4n) is 3.61. The van der Waals surface area contributed by atoms with Crippen LogP contribution in [-0.2, 0) is 4.79 Å². The van der Waals surface area contributed by atoms with Gasteiger partial charge in [-0.25, -0.2) is 10.4 Å². The lowest BCUT2D eigenvalue weighted by Gasteiger charge is -2.20. The van der Waals surface area contributed by atoms with Gasteiger partial charge in [0.05, 0.1) is 29.8 Å². The summed E-state index contributed by atoms with van der Waals surface area (Å²) in [6, 6.07) is 4.93. The summed E-state index contributed by atoms with van der Waals surface area (Å²) in [4.78, 5) is 43.8. The molecule has 0 saturated heterocycles. The number of hydrogen-bond donors (Lipinski definition) is 3. The van der Waals surface area contributed by atoms with E-state index in [-0.39, 0.29) is 17.4 Å². The highest BCUT2D eigenvalue weighted by atomic mass is 16.5. The number of hydrogen-bond acceptors (Lipinski definition) is 7. The minimum Gasteiger partial charge on any atom is -0.493 e. The van der Waals surface area contributed by atoms with Gasteiger partial charge in [0.1, 0.15) is 17.3 Å². The van der Waals surface area contributed by atoms with Crippen LogP contribution in [0, 0.1) is 5.92 Å². The number of aromatic amines is 1. The van der Waals surface area contributed by atoms with Crippen LogP contribution in [0.3, 0.4) is 0 Å². The van der Waals surface area contributed by atoms with Gasteiger partial charge in [-0.2, -0.15) is 0 Å². The van der Waals surface area contributed by atoms with E-state index >= 15 is 0 Å². The second-order valence-electron chi connectivity index (χ2n) is 8.03. The Balaban J connectivity index is 2.04. The number of carbonyl (C=O) groups excluding carboxylic acids is 1. The number of anilines is 1. The zero-order valence-electron chi connectivity index (χ0n) is 18.9. The summed E-state index contributed by atoms with van der Waals surface area (Å²) < 4.78 is 5.84. The molecule has 0 saturated carbocycles. The van der Waals surface area contributed by atoms with Crippen LogP contribution in [-0.4, -0.2) is 40.0 Å². The number of nitrogens with one attached hydrogen (secondary N) is 2. The lowest BCUT2D eigenvalue weighted by atomic mass is 10.1. The summed E-state index contributed by atoms with van der Waals surface area (Å²) in [6.45, 7) is 7.97. The zero-order chi connectivity index (χ0) is 23.4. The van der Waals surface area contributed by atoms with Crippen LogP contribution in [0.25, 0.3) is 11.4 Å². The smallest absolute Gasteiger partial charge is 0.306 e. The molecule has 9 heteroatoms. The molecule has 2 atom stereocenters. The van der Waals surface area contributed by atoms with E-state index in [1.54, 1.807) is 30.1 Å². The molecule has 1 aromatic carbocycles. The van der Waals surface area contributed by atoms with Crippen LogP contribution in [0.4, 0.5) is 5.69 Å². The highest BCUT2D eigenvalue weighted by molar-refractivity contribution is 5.95. The molecule has 0 fully saturated rings. The molecular weight excluding hydrogens is 412 g/mol. The molecule has 2 aromatic rings. The minimum absolute atomic E-state index is 0.0939. The lowest BCUT2D eigenvalue weighted by molar-refractivity contribution is -0.141. The Hall–Kier alpha value is -3.20. The van der Waals surface area contributed by atoms with Crippen molar-refractivity contribution in [1.29, 1.82) is 0 Å². The number of carbonyl (C=O) groups is 2. The first-order valence-corrected chi connectivity index (χ1v) is 11.0. The van der Waals surface area contributed by atoms with Crippen molar-refractivity contribution in [3.63, 3.8) is 0 Å². The first-order chi connectivity index (χ1) is 15.3. The number of benzene rings is 1. The van der Waals surface area contributed by atoms with Crippen molar-refractivity contribution < 1.29 is 19.4 Å². The molecule has 9 nitrogen and oxygen atoms in total. The standard InChI is InChI=1S/C23H30N4O5/c1-5-11-32-18-8-7-15(14(4)28)12-16(18)21-24-19-17(6-2)26-27(20(19)22(29)25-21)10-9-13(3)23(30)31/h7-8,12-13,17,26H,5-6,9-11H2,1-4H3,(H,30,31)(H,24,25,29). The molecule has 3 rings (SSSR count).